The van der Waals surface area contributed by atoms with Gasteiger partial charge in [0.05, 0.1) is 17.0 Å². The number of hydrogen-bond donors (Lipinski definition) is 3. The molecule has 0 radical (unpaired) electrons. The highest BCUT2D eigenvalue weighted by atomic mass is 32.1. The smallest absolute Gasteiger partial charge is 0.305 e. The molecule has 0 saturated heterocycles. The summed E-state index contributed by atoms with van der Waals surface area (Å²) in [6, 6.07) is 25.6. The Hall–Kier alpha value is -4.10. The van der Waals surface area contributed by atoms with Gasteiger partial charge in [-0.2, -0.15) is 0 Å². The number of anilines is 1. The fourth-order valence-electron chi connectivity index (χ4n) is 4.15. The largest absolute Gasteiger partial charge is 0.481 e. The van der Waals surface area contributed by atoms with Crippen LogP contribution in [0.3, 0.4) is 0 Å². The fraction of sp³-hybridized carbons (Fsp3) is 0.172. The van der Waals surface area contributed by atoms with Crippen LogP contribution in [0.25, 0.3) is 32.6 Å². The first-order valence-electron chi connectivity index (χ1n) is 11.9. The number of ether oxygens (including phenoxy) is 1. The second kappa shape index (κ2) is 10.3. The Morgan fingerprint density at radius 3 is 2.47 bits per heavy atom. The number of benzene rings is 3. The van der Waals surface area contributed by atoms with Crippen molar-refractivity contribution in [1.82, 2.24) is 9.97 Å². The molecule has 182 valence electrons. The van der Waals surface area contributed by atoms with E-state index in [4.69, 9.17) is 9.72 Å². The van der Waals surface area contributed by atoms with Crippen LogP contribution in [0, 0.1) is 5.92 Å². The van der Waals surface area contributed by atoms with E-state index in [1.165, 1.54) is 0 Å². The van der Waals surface area contributed by atoms with Crippen LogP contribution < -0.4 is 10.1 Å². The first kappa shape index (κ1) is 23.6. The summed E-state index contributed by atoms with van der Waals surface area (Å²) < 4.78 is 5.96. The number of carboxylic acid groups (broad SMARTS) is 1. The van der Waals surface area contributed by atoms with Gasteiger partial charge in [-0.1, -0.05) is 55.5 Å². The maximum atomic E-state index is 11.4. The Bertz CT molecular complexity index is 1470. The van der Waals surface area contributed by atoms with Gasteiger partial charge in [0, 0.05) is 34.3 Å². The number of rotatable bonds is 9. The fourth-order valence-corrected chi connectivity index (χ4v) is 5.24. The molecule has 0 saturated carbocycles. The van der Waals surface area contributed by atoms with E-state index in [2.05, 4.69) is 28.5 Å². The van der Waals surface area contributed by atoms with Crippen LogP contribution in [0.15, 0.2) is 85.1 Å². The Labute approximate surface area is 213 Å². The second-order valence-electron chi connectivity index (χ2n) is 8.97. The summed E-state index contributed by atoms with van der Waals surface area (Å²) in [5.74, 6) is 0.834. The number of nitrogens with one attached hydrogen (secondary N) is 2. The summed E-state index contributed by atoms with van der Waals surface area (Å²) in [5, 5.41) is 14.6. The Kier molecular flexibility index (Phi) is 6.73. The first-order valence-corrected chi connectivity index (χ1v) is 12.7. The lowest BCUT2D eigenvalue weighted by Crippen LogP contribution is -2.28. The van der Waals surface area contributed by atoms with Crippen LogP contribution >= 0.6 is 11.3 Å². The molecular weight excluding hydrogens is 470 g/mol. The summed E-state index contributed by atoms with van der Waals surface area (Å²) in [5.41, 5.74) is 3.94. The molecule has 1 atom stereocenters. The normalized spacial score (nSPS) is 12.1. The number of carboxylic acids is 1. The van der Waals surface area contributed by atoms with Crippen LogP contribution in [-0.2, 0) is 4.79 Å². The number of carbonyl (C=O) groups is 1. The first-order chi connectivity index (χ1) is 17.5. The molecule has 7 heteroatoms. The van der Waals surface area contributed by atoms with Gasteiger partial charge in [-0.3, -0.25) is 4.79 Å². The Morgan fingerprint density at radius 2 is 1.75 bits per heavy atom. The number of fused-ring (bicyclic) bond motifs is 1. The van der Waals surface area contributed by atoms with Crippen molar-refractivity contribution < 1.29 is 14.6 Å². The molecule has 3 aromatic carbocycles. The van der Waals surface area contributed by atoms with E-state index in [0.717, 1.165) is 44.1 Å². The third-order valence-corrected chi connectivity index (χ3v) is 7.10. The highest BCUT2D eigenvalue weighted by Crippen LogP contribution is 2.42. The van der Waals surface area contributed by atoms with Gasteiger partial charge in [-0.05, 0) is 54.4 Å². The summed E-state index contributed by atoms with van der Waals surface area (Å²) in [7, 11) is 0. The van der Waals surface area contributed by atoms with Crippen LogP contribution in [-0.4, -0.2) is 27.1 Å². The van der Waals surface area contributed by atoms with Gasteiger partial charge in [0.2, 0.25) is 0 Å². The van der Waals surface area contributed by atoms with Gasteiger partial charge in [0.15, 0.2) is 5.13 Å². The number of aromatic nitrogens is 2. The number of H-pyrrole nitrogens is 1. The van der Waals surface area contributed by atoms with Crippen LogP contribution in [0.5, 0.6) is 11.5 Å². The van der Waals surface area contributed by atoms with Crippen molar-refractivity contribution in [3.05, 3.63) is 85.1 Å². The van der Waals surface area contributed by atoms with Crippen LogP contribution in [0.4, 0.5) is 5.13 Å². The van der Waals surface area contributed by atoms with E-state index in [9.17, 15) is 9.90 Å². The van der Waals surface area contributed by atoms with Crippen molar-refractivity contribution in [3.8, 4) is 33.2 Å². The molecule has 3 N–H and O–H groups in total. The molecule has 0 amide bonds. The monoisotopic (exact) mass is 497 g/mol. The maximum Gasteiger partial charge on any atom is 0.305 e. The van der Waals surface area contributed by atoms with E-state index >= 15 is 0 Å². The van der Waals surface area contributed by atoms with Gasteiger partial charge < -0.3 is 20.1 Å². The Morgan fingerprint density at radius 1 is 1.00 bits per heavy atom. The highest BCUT2D eigenvalue weighted by Gasteiger charge is 2.22. The van der Waals surface area contributed by atoms with Gasteiger partial charge in [-0.25, -0.2) is 4.98 Å². The van der Waals surface area contributed by atoms with E-state index in [0.29, 0.717) is 5.13 Å². The molecule has 0 spiro atoms. The maximum absolute atomic E-state index is 11.4. The molecule has 0 aliphatic rings. The zero-order chi connectivity index (χ0) is 25.1. The standard InChI is InChI=1S/C29H27N3O3S/c1-18(2)25(17-26(33)34)31-29-32-27(28(36-29)23-9-6-10-24-22(23)15-16-30-24)19-11-13-21(14-12-19)35-20-7-4-3-5-8-20/h3-16,18,25,30H,17H2,1-2H3,(H,31,32)(H,33,34). The van der Waals surface area contributed by atoms with Gasteiger partial charge in [0.1, 0.15) is 11.5 Å². The zero-order valence-electron chi connectivity index (χ0n) is 20.1. The third-order valence-electron chi connectivity index (χ3n) is 6.08. The summed E-state index contributed by atoms with van der Waals surface area (Å²) >= 11 is 1.55. The molecule has 2 aromatic heterocycles. The van der Waals surface area contributed by atoms with E-state index in [1.54, 1.807) is 11.3 Å². The molecule has 2 heterocycles. The average molecular weight is 498 g/mol. The predicted molar refractivity (Wildman–Crippen MR) is 146 cm³/mol. The average Bonchev–Trinajstić information content (AvgIpc) is 3.52. The topological polar surface area (TPSA) is 87.2 Å². The van der Waals surface area contributed by atoms with E-state index in [-0.39, 0.29) is 18.4 Å². The van der Waals surface area contributed by atoms with E-state index < -0.39 is 5.97 Å². The lowest BCUT2D eigenvalue weighted by molar-refractivity contribution is -0.137. The minimum absolute atomic E-state index is 0.0286. The lowest BCUT2D eigenvalue weighted by Gasteiger charge is -2.19. The molecule has 36 heavy (non-hydrogen) atoms. The molecule has 0 aliphatic heterocycles. The molecule has 0 bridgehead atoms. The van der Waals surface area contributed by atoms with Gasteiger partial charge >= 0.3 is 5.97 Å². The Balaban J connectivity index is 1.54. The van der Waals surface area contributed by atoms with Crippen molar-refractivity contribution in [2.45, 2.75) is 26.3 Å². The molecule has 0 fully saturated rings. The quantitative estimate of drug-likeness (QED) is 0.195. The number of nitrogens with zero attached hydrogens (tertiary/aromatic N) is 1. The number of aliphatic carboxylic acids is 1. The minimum atomic E-state index is -0.829. The number of aromatic amines is 1. The summed E-state index contributed by atoms with van der Waals surface area (Å²) in [6.45, 7) is 4.03. The molecule has 5 rings (SSSR count). The molecular formula is C29H27N3O3S. The molecule has 1 unspecified atom stereocenters. The van der Waals surface area contributed by atoms with Crippen LogP contribution in [0.2, 0.25) is 0 Å². The van der Waals surface area contributed by atoms with Crippen molar-refractivity contribution >= 4 is 33.3 Å². The lowest BCUT2D eigenvalue weighted by atomic mass is 10.0. The van der Waals surface area contributed by atoms with E-state index in [1.807, 2.05) is 80.7 Å². The molecule has 0 aliphatic carbocycles. The molecule has 6 nitrogen and oxygen atoms in total. The second-order valence-corrected chi connectivity index (χ2v) is 9.97. The van der Waals surface area contributed by atoms with Gasteiger partial charge in [-0.15, -0.1) is 0 Å². The van der Waals surface area contributed by atoms with Gasteiger partial charge in [0.25, 0.3) is 0 Å². The van der Waals surface area contributed by atoms with Crippen molar-refractivity contribution in [3.63, 3.8) is 0 Å². The van der Waals surface area contributed by atoms with Crippen molar-refractivity contribution in [2.75, 3.05) is 5.32 Å². The predicted octanol–water partition coefficient (Wildman–Crippen LogP) is 7.66. The number of thiazole rings is 1. The minimum Gasteiger partial charge on any atom is -0.481 e. The number of hydrogen-bond acceptors (Lipinski definition) is 5. The summed E-state index contributed by atoms with van der Waals surface area (Å²) in [4.78, 5) is 20.7. The molecule has 5 aromatic rings. The van der Waals surface area contributed by atoms with Crippen molar-refractivity contribution in [1.29, 1.82) is 0 Å². The third kappa shape index (κ3) is 5.11. The SMILES string of the molecule is CC(C)C(CC(=O)O)Nc1nc(-c2ccc(Oc3ccccc3)cc2)c(-c2cccc3[nH]ccc23)s1. The van der Waals surface area contributed by atoms with Crippen LogP contribution in [0.1, 0.15) is 20.3 Å². The van der Waals surface area contributed by atoms with Crippen molar-refractivity contribution in [2.24, 2.45) is 5.92 Å². The number of para-hydroxylation sites is 1. The highest BCUT2D eigenvalue weighted by molar-refractivity contribution is 7.19. The zero-order valence-corrected chi connectivity index (χ0v) is 20.9. The summed E-state index contributed by atoms with van der Waals surface area (Å²) in [6.07, 6.45) is 1.96.